The highest BCUT2D eigenvalue weighted by atomic mass is 16.6. The van der Waals surface area contributed by atoms with E-state index in [2.05, 4.69) is 33.5 Å². The number of rotatable bonds is 11. The van der Waals surface area contributed by atoms with E-state index < -0.39 is 65.4 Å². The standard InChI is InChI=1S/C62H59N5O8/c1-41(44-18-8-3-9-19-44)63-61(72)66-51-33-28-43(27-26-42-16-6-2-7-17-42)40-50(51)62(60(66)71)53(58(69)64-47-29-31-48(32-30-47)65-34-37-73-38-35-65)55-59(70)75-56(46-22-12-5-13-23-46)54(45-20-10-4-11-21-45)67(55)57(62)49-24-14-15-25-52(49)74-39-36-68/h3-5,8-16,18-25,28-33,40-41,53-57,68H,2,6-7,17,34-39H2,1H3,(H,63,72)(H,64,69)/t41-,53+,54+,55+,56-,57-,62+/m1/s1. The van der Waals surface area contributed by atoms with Crippen molar-refractivity contribution in [2.45, 2.75) is 68.3 Å². The Balaban J connectivity index is 1.17. The first-order chi connectivity index (χ1) is 36.8. The second kappa shape index (κ2) is 21.4. The number of nitrogens with zero attached hydrogens (tertiary/aromatic N) is 3. The molecule has 6 aromatic rings. The lowest BCUT2D eigenvalue weighted by molar-refractivity contribution is -0.177. The summed E-state index contributed by atoms with van der Waals surface area (Å²) < 4.78 is 18.7. The van der Waals surface area contributed by atoms with Crippen molar-refractivity contribution in [2.75, 3.05) is 54.6 Å². The molecule has 1 aliphatic carbocycles. The number of carbonyl (C=O) groups is 4. The number of fused-ring (bicyclic) bond motifs is 3. The van der Waals surface area contributed by atoms with Crippen molar-refractivity contribution in [1.29, 1.82) is 0 Å². The normalized spacial score (nSPS) is 23.5. The molecule has 75 heavy (non-hydrogen) atoms. The maximum absolute atomic E-state index is 17.0. The summed E-state index contributed by atoms with van der Waals surface area (Å²) in [4.78, 5) is 69.6. The fraction of sp³-hybridized carbons (Fsp3) is 0.290. The summed E-state index contributed by atoms with van der Waals surface area (Å²) in [6.45, 7) is 4.08. The van der Waals surface area contributed by atoms with Crippen molar-refractivity contribution in [3.05, 3.63) is 203 Å². The van der Waals surface area contributed by atoms with Gasteiger partial charge in [-0.05, 0) is 109 Å². The third-order valence-corrected chi connectivity index (χ3v) is 15.3. The van der Waals surface area contributed by atoms with Crippen LogP contribution in [0, 0.1) is 17.8 Å². The highest BCUT2D eigenvalue weighted by Gasteiger charge is 2.76. The van der Waals surface area contributed by atoms with Crippen molar-refractivity contribution in [3.8, 4) is 17.6 Å². The van der Waals surface area contributed by atoms with Gasteiger partial charge in [0.05, 0.1) is 49.6 Å². The van der Waals surface area contributed by atoms with Crippen LogP contribution in [0.5, 0.6) is 5.75 Å². The number of esters is 1. The molecule has 0 unspecified atom stereocenters. The van der Waals surface area contributed by atoms with Gasteiger partial charge < -0.3 is 34.9 Å². The number of amides is 4. The van der Waals surface area contributed by atoms with Crippen LogP contribution in [-0.2, 0) is 29.3 Å². The van der Waals surface area contributed by atoms with E-state index in [1.165, 1.54) is 0 Å². The van der Waals surface area contributed by atoms with Crippen LogP contribution < -0.4 is 25.2 Å². The monoisotopic (exact) mass is 1000 g/mol. The van der Waals surface area contributed by atoms with Gasteiger partial charge in [-0.1, -0.05) is 127 Å². The second-order valence-electron chi connectivity index (χ2n) is 19.7. The number of para-hydroxylation sites is 1. The summed E-state index contributed by atoms with van der Waals surface area (Å²) >= 11 is 0. The minimum atomic E-state index is -2.07. The van der Waals surface area contributed by atoms with Crippen LogP contribution in [0.3, 0.4) is 0 Å². The highest BCUT2D eigenvalue weighted by molar-refractivity contribution is 6.25. The van der Waals surface area contributed by atoms with Crippen molar-refractivity contribution >= 4 is 40.9 Å². The largest absolute Gasteiger partial charge is 0.491 e. The summed E-state index contributed by atoms with van der Waals surface area (Å²) in [7, 11) is 0. The van der Waals surface area contributed by atoms with Gasteiger partial charge in [-0.25, -0.2) is 9.69 Å². The quantitative estimate of drug-likeness (QED) is 0.0847. The maximum Gasteiger partial charge on any atom is 0.329 e. The Hall–Kier alpha value is -8.02. The van der Waals surface area contributed by atoms with E-state index in [-0.39, 0.29) is 18.9 Å². The van der Waals surface area contributed by atoms with E-state index in [4.69, 9.17) is 14.2 Å². The zero-order valence-electron chi connectivity index (χ0n) is 41.8. The van der Waals surface area contributed by atoms with E-state index in [9.17, 15) is 5.11 Å². The molecule has 5 aliphatic rings. The number of allylic oxidation sites excluding steroid dienone is 2. The maximum atomic E-state index is 17.0. The first kappa shape index (κ1) is 49.2. The molecule has 4 amide bonds. The molecule has 3 N–H and O–H groups in total. The Morgan fingerprint density at radius 3 is 2.20 bits per heavy atom. The molecular weight excluding hydrogens is 943 g/mol. The lowest BCUT2D eigenvalue weighted by atomic mass is 9.65. The number of aliphatic hydroxyl groups is 1. The smallest absolute Gasteiger partial charge is 0.329 e. The number of imide groups is 1. The average molecular weight is 1000 g/mol. The number of anilines is 3. The number of urea groups is 1. The van der Waals surface area contributed by atoms with Crippen molar-refractivity contribution < 1.29 is 38.5 Å². The van der Waals surface area contributed by atoms with Crippen molar-refractivity contribution in [2.24, 2.45) is 5.92 Å². The van der Waals surface area contributed by atoms with Crippen LogP contribution in [0.4, 0.5) is 21.9 Å². The molecular formula is C62H59N5O8. The molecule has 7 atom stereocenters. The van der Waals surface area contributed by atoms with E-state index >= 15 is 19.2 Å². The second-order valence-corrected chi connectivity index (χ2v) is 19.7. The number of hydrogen-bond donors (Lipinski definition) is 3. The molecule has 4 heterocycles. The molecule has 6 aromatic carbocycles. The Morgan fingerprint density at radius 1 is 0.800 bits per heavy atom. The van der Waals surface area contributed by atoms with Gasteiger partial charge in [0, 0.05) is 35.6 Å². The lowest BCUT2D eigenvalue weighted by Crippen LogP contribution is -2.55. The van der Waals surface area contributed by atoms with Crippen LogP contribution in [0.25, 0.3) is 0 Å². The van der Waals surface area contributed by atoms with Crippen LogP contribution >= 0.6 is 0 Å². The molecule has 3 fully saturated rings. The number of hydrogen-bond acceptors (Lipinski definition) is 10. The molecule has 0 radical (unpaired) electrons. The summed E-state index contributed by atoms with van der Waals surface area (Å²) in [6, 6.07) is 44.0. The zero-order chi connectivity index (χ0) is 51.5. The Kier molecular flexibility index (Phi) is 14.1. The molecule has 1 spiro atoms. The third kappa shape index (κ3) is 9.24. The highest BCUT2D eigenvalue weighted by Crippen LogP contribution is 2.67. The summed E-state index contributed by atoms with van der Waals surface area (Å²) in [5, 5.41) is 16.5. The lowest BCUT2D eigenvalue weighted by Gasteiger charge is -2.46. The third-order valence-electron chi connectivity index (χ3n) is 15.3. The number of ether oxygens (including phenoxy) is 3. The van der Waals surface area contributed by atoms with Crippen molar-refractivity contribution in [3.63, 3.8) is 0 Å². The van der Waals surface area contributed by atoms with Gasteiger partial charge in [0.2, 0.25) is 11.8 Å². The molecule has 0 aromatic heterocycles. The van der Waals surface area contributed by atoms with Gasteiger partial charge in [0.15, 0.2) is 0 Å². The number of benzene rings is 6. The number of cyclic esters (lactones) is 1. The molecule has 11 rings (SSSR count). The Bertz CT molecular complexity index is 3170. The van der Waals surface area contributed by atoms with Crippen LogP contribution in [0.15, 0.2) is 169 Å². The number of carbonyl (C=O) groups excluding carboxylic acids is 4. The van der Waals surface area contributed by atoms with E-state index in [1.54, 1.807) is 24.3 Å². The molecule has 3 saturated heterocycles. The van der Waals surface area contributed by atoms with E-state index in [1.807, 2.05) is 145 Å². The first-order valence-electron chi connectivity index (χ1n) is 26.0. The fourth-order valence-corrected chi connectivity index (χ4v) is 11.9. The molecule has 13 nitrogen and oxygen atoms in total. The average Bonchev–Trinajstić information content (AvgIpc) is 4.04. The summed E-state index contributed by atoms with van der Waals surface area (Å²) in [5.74, 6) is 3.48. The van der Waals surface area contributed by atoms with E-state index in [0.717, 1.165) is 53.0 Å². The van der Waals surface area contributed by atoms with Crippen molar-refractivity contribution in [1.82, 2.24) is 10.2 Å². The van der Waals surface area contributed by atoms with Crippen LogP contribution in [-0.4, -0.2) is 79.4 Å². The number of morpholine rings is 2. The van der Waals surface area contributed by atoms with Gasteiger partial charge in [0.25, 0.3) is 0 Å². The molecule has 13 heteroatoms. The predicted molar refractivity (Wildman–Crippen MR) is 286 cm³/mol. The van der Waals surface area contributed by atoms with Crippen LogP contribution in [0.1, 0.15) is 90.2 Å². The van der Waals surface area contributed by atoms with Gasteiger partial charge in [-0.3, -0.25) is 19.3 Å². The Labute approximate surface area is 437 Å². The summed E-state index contributed by atoms with van der Waals surface area (Å²) in [5.41, 5.74) is 4.24. The number of nitrogens with one attached hydrogen (secondary N) is 2. The summed E-state index contributed by atoms with van der Waals surface area (Å²) in [6.07, 6.45) is 5.13. The number of aliphatic hydroxyl groups excluding tert-OH is 1. The van der Waals surface area contributed by atoms with Gasteiger partial charge in [-0.2, -0.15) is 0 Å². The van der Waals surface area contributed by atoms with Gasteiger partial charge in [0.1, 0.15) is 29.9 Å². The molecule has 0 bridgehead atoms. The molecule has 0 saturated carbocycles. The minimum Gasteiger partial charge on any atom is -0.491 e. The van der Waals surface area contributed by atoms with Crippen LogP contribution in [0.2, 0.25) is 0 Å². The predicted octanol–water partition coefficient (Wildman–Crippen LogP) is 9.52. The Morgan fingerprint density at radius 2 is 1.49 bits per heavy atom. The first-order valence-corrected chi connectivity index (χ1v) is 26.0. The molecule has 4 aliphatic heterocycles. The molecule has 380 valence electrons. The van der Waals surface area contributed by atoms with E-state index in [0.29, 0.717) is 60.0 Å². The minimum absolute atomic E-state index is 0.0899. The SMILES string of the molecule is C[C@@H](NC(=O)N1C(=O)[C@@]2(c3cc(C#CC4=CCCCC4)ccc31)[C@H](C(=O)Nc1ccc(N3CCOCC3)cc1)[C@H]1C(=O)O[C@H](c3ccccc3)[C@H](c3ccccc3)N1[C@@H]2c1ccccc1OCCO)c1ccccc1. The fourth-order valence-electron chi connectivity index (χ4n) is 11.9. The topological polar surface area (TPSA) is 150 Å². The van der Waals surface area contributed by atoms with Gasteiger partial charge >= 0.3 is 12.0 Å². The van der Waals surface area contributed by atoms with Gasteiger partial charge in [-0.15, -0.1) is 0 Å². The zero-order valence-corrected chi connectivity index (χ0v) is 41.8.